The van der Waals surface area contributed by atoms with E-state index < -0.39 is 0 Å². The molecule has 39 heavy (non-hydrogen) atoms. The Bertz CT molecular complexity index is 2130. The van der Waals surface area contributed by atoms with Crippen molar-refractivity contribution < 1.29 is 4.74 Å². The van der Waals surface area contributed by atoms with Crippen molar-refractivity contribution in [2.75, 3.05) is 4.90 Å². The number of imidazole rings is 1. The largest absolute Gasteiger partial charge is 0.456 e. The van der Waals surface area contributed by atoms with E-state index in [2.05, 4.69) is 82.3 Å². The molecule has 2 aliphatic rings. The first-order valence-electron chi connectivity index (χ1n) is 12.9. The van der Waals surface area contributed by atoms with E-state index in [0.29, 0.717) is 5.95 Å². The topological polar surface area (TPSA) is 56.1 Å². The minimum absolute atomic E-state index is 0.558. The zero-order valence-corrected chi connectivity index (χ0v) is 20.6. The molecule has 0 spiro atoms. The maximum atomic E-state index is 6.24. The second kappa shape index (κ2) is 7.52. The lowest BCUT2D eigenvalue weighted by molar-refractivity contribution is 0.486. The molecule has 0 aliphatic carbocycles. The van der Waals surface area contributed by atoms with Crippen LogP contribution in [0.1, 0.15) is 0 Å². The summed E-state index contributed by atoms with van der Waals surface area (Å²) < 4.78 is 8.46. The van der Waals surface area contributed by atoms with E-state index in [1.807, 2.05) is 42.5 Å². The average molecular weight is 502 g/mol. The third-order valence-corrected chi connectivity index (χ3v) is 7.56. The zero-order valence-electron chi connectivity index (χ0n) is 20.6. The number of ether oxygens (including phenoxy) is 1. The molecule has 4 heterocycles. The number of hydrogen-bond donors (Lipinski definition) is 0. The Balaban J connectivity index is 1.43. The molecule has 9 rings (SSSR count). The summed E-state index contributed by atoms with van der Waals surface area (Å²) in [5.41, 5.74) is 8.83. The van der Waals surface area contributed by atoms with Crippen molar-refractivity contribution in [3.05, 3.63) is 115 Å². The molecule has 0 amide bonds. The first-order valence-corrected chi connectivity index (χ1v) is 12.9. The van der Waals surface area contributed by atoms with Gasteiger partial charge in [0.1, 0.15) is 11.5 Å². The second-order valence-electron chi connectivity index (χ2n) is 9.73. The molecular weight excluding hydrogens is 482 g/mol. The van der Waals surface area contributed by atoms with Gasteiger partial charge in [0.05, 0.1) is 39.0 Å². The van der Waals surface area contributed by atoms with E-state index in [4.69, 9.17) is 19.7 Å². The minimum atomic E-state index is 0.558. The number of para-hydroxylation sites is 5. The molecule has 0 saturated carbocycles. The van der Waals surface area contributed by atoms with Gasteiger partial charge in [0.25, 0.3) is 0 Å². The van der Waals surface area contributed by atoms with Crippen LogP contribution < -0.4 is 9.64 Å². The van der Waals surface area contributed by atoms with Crippen LogP contribution in [0.3, 0.4) is 0 Å². The molecule has 0 unspecified atom stereocenters. The average Bonchev–Trinajstić information content (AvgIpc) is 3.31. The van der Waals surface area contributed by atoms with Gasteiger partial charge in [-0.3, -0.25) is 4.57 Å². The molecule has 0 radical (unpaired) electrons. The van der Waals surface area contributed by atoms with Crippen LogP contribution in [0.2, 0.25) is 0 Å². The molecule has 0 fully saturated rings. The number of benzene rings is 5. The Morgan fingerprint density at radius 1 is 0.513 bits per heavy atom. The number of nitrogens with zero attached hydrogens (tertiary/aromatic N) is 5. The number of hydrogen-bond acceptors (Lipinski definition) is 5. The van der Waals surface area contributed by atoms with Crippen LogP contribution in [0.5, 0.6) is 11.5 Å². The Labute approximate surface area is 223 Å². The third kappa shape index (κ3) is 2.77. The highest BCUT2D eigenvalue weighted by Gasteiger charge is 2.32. The number of fused-ring (bicyclic) bond motifs is 9. The summed E-state index contributed by atoms with van der Waals surface area (Å²) in [7, 11) is 0. The maximum Gasteiger partial charge on any atom is 0.238 e. The van der Waals surface area contributed by atoms with Crippen molar-refractivity contribution >= 4 is 39.5 Å². The van der Waals surface area contributed by atoms with Gasteiger partial charge in [0, 0.05) is 16.7 Å². The Morgan fingerprint density at radius 2 is 1.18 bits per heavy atom. The van der Waals surface area contributed by atoms with Crippen LogP contribution >= 0.6 is 0 Å². The third-order valence-electron chi connectivity index (χ3n) is 7.56. The van der Waals surface area contributed by atoms with Gasteiger partial charge < -0.3 is 4.74 Å². The summed E-state index contributed by atoms with van der Waals surface area (Å²) in [6, 6.07) is 39.1. The Morgan fingerprint density at radius 3 is 2.08 bits per heavy atom. The van der Waals surface area contributed by atoms with Gasteiger partial charge in [-0.25, -0.2) is 19.9 Å². The lowest BCUT2D eigenvalue weighted by atomic mass is 10.0. The second-order valence-corrected chi connectivity index (χ2v) is 9.73. The summed E-state index contributed by atoms with van der Waals surface area (Å²) in [4.78, 5) is 17.6. The van der Waals surface area contributed by atoms with Crippen LogP contribution in [0.4, 0.5) is 17.6 Å². The van der Waals surface area contributed by atoms with Crippen LogP contribution in [0, 0.1) is 0 Å². The van der Waals surface area contributed by atoms with Gasteiger partial charge in [0.15, 0.2) is 0 Å². The van der Waals surface area contributed by atoms with E-state index in [1.54, 1.807) is 0 Å². The van der Waals surface area contributed by atoms with E-state index in [0.717, 1.165) is 73.1 Å². The minimum Gasteiger partial charge on any atom is -0.456 e. The van der Waals surface area contributed by atoms with E-state index in [9.17, 15) is 0 Å². The van der Waals surface area contributed by atoms with Crippen molar-refractivity contribution in [1.29, 1.82) is 0 Å². The first-order chi connectivity index (χ1) is 19.3. The normalized spacial score (nSPS) is 12.8. The molecule has 6 heteroatoms. The summed E-state index contributed by atoms with van der Waals surface area (Å²) in [5.74, 6) is 2.86. The number of rotatable bonds is 1. The molecule has 0 saturated heterocycles. The van der Waals surface area contributed by atoms with Gasteiger partial charge in [-0.05, 0) is 48.5 Å². The van der Waals surface area contributed by atoms with E-state index >= 15 is 0 Å². The van der Waals surface area contributed by atoms with Crippen LogP contribution in [0.15, 0.2) is 115 Å². The first kappa shape index (κ1) is 20.6. The zero-order chi connectivity index (χ0) is 25.5. The SMILES string of the molecule is c1ccc2c(c1)Oc1cccc3nc(N4c5ccccc5-c5ccccc5-n5c4nc4ccccc45)nc-2c13. The van der Waals surface area contributed by atoms with E-state index in [-0.39, 0.29) is 0 Å². The van der Waals surface area contributed by atoms with Crippen LogP contribution in [0.25, 0.3) is 50.0 Å². The lowest BCUT2D eigenvalue weighted by Crippen LogP contribution is -2.17. The van der Waals surface area contributed by atoms with Gasteiger partial charge >= 0.3 is 0 Å². The number of aromatic nitrogens is 4. The monoisotopic (exact) mass is 501 g/mol. The van der Waals surface area contributed by atoms with Crippen molar-refractivity contribution in [2.45, 2.75) is 0 Å². The van der Waals surface area contributed by atoms with Gasteiger partial charge in [0.2, 0.25) is 11.9 Å². The maximum absolute atomic E-state index is 6.24. The van der Waals surface area contributed by atoms with Crippen molar-refractivity contribution in [1.82, 2.24) is 19.5 Å². The Hall–Kier alpha value is -5.49. The summed E-state index contributed by atoms with van der Waals surface area (Å²) in [5, 5.41) is 0.917. The highest BCUT2D eigenvalue weighted by atomic mass is 16.5. The molecule has 7 aromatic rings. The van der Waals surface area contributed by atoms with Gasteiger partial charge in [-0.15, -0.1) is 0 Å². The smallest absolute Gasteiger partial charge is 0.238 e. The summed E-state index contributed by atoms with van der Waals surface area (Å²) in [6.07, 6.45) is 0. The molecule has 6 nitrogen and oxygen atoms in total. The van der Waals surface area contributed by atoms with Crippen molar-refractivity contribution in [2.24, 2.45) is 0 Å². The highest BCUT2D eigenvalue weighted by Crippen LogP contribution is 2.49. The fraction of sp³-hybridized carbons (Fsp3) is 0. The van der Waals surface area contributed by atoms with Crippen LogP contribution in [-0.2, 0) is 0 Å². The fourth-order valence-corrected chi connectivity index (χ4v) is 5.89. The molecule has 2 aliphatic heterocycles. The molecule has 182 valence electrons. The highest BCUT2D eigenvalue weighted by molar-refractivity contribution is 6.02. The molecule has 0 atom stereocenters. The standard InChI is InChI=1S/C33H19N5O/c1-5-15-25-20(10-1)21-11-2-6-16-26(21)38(33-35-23-13-4-7-17-27(23)37(25)33)32-34-24-14-9-19-29-30(24)31(36-32)22-12-3-8-18-28(22)39-29/h1-19H. The predicted molar refractivity (Wildman–Crippen MR) is 153 cm³/mol. The van der Waals surface area contributed by atoms with Crippen molar-refractivity contribution in [3.63, 3.8) is 0 Å². The number of anilines is 3. The van der Waals surface area contributed by atoms with Gasteiger partial charge in [-0.1, -0.05) is 66.7 Å². The molecule has 0 bridgehead atoms. The van der Waals surface area contributed by atoms with Crippen LogP contribution in [-0.4, -0.2) is 19.5 Å². The molecule has 5 aromatic carbocycles. The quantitative estimate of drug-likeness (QED) is 0.227. The Kier molecular flexibility index (Phi) is 3.96. The van der Waals surface area contributed by atoms with E-state index in [1.165, 1.54) is 0 Å². The summed E-state index contributed by atoms with van der Waals surface area (Å²) in [6.45, 7) is 0. The molecule has 0 N–H and O–H groups in total. The predicted octanol–water partition coefficient (Wildman–Crippen LogP) is 8.19. The molecule has 2 aromatic heterocycles. The molecular formula is C33H19N5O. The lowest BCUT2D eigenvalue weighted by Gasteiger charge is -2.25. The fourth-order valence-electron chi connectivity index (χ4n) is 5.89. The van der Waals surface area contributed by atoms with Crippen molar-refractivity contribution in [3.8, 4) is 39.6 Å². The van der Waals surface area contributed by atoms with Gasteiger partial charge in [-0.2, -0.15) is 0 Å². The summed E-state index contributed by atoms with van der Waals surface area (Å²) >= 11 is 0.